The van der Waals surface area contributed by atoms with Crippen LogP contribution in [0.1, 0.15) is 11.1 Å². The van der Waals surface area contributed by atoms with Crippen LogP contribution >= 0.6 is 0 Å². The molecular formula is C24H27N3O4. The number of nitrogens with zero attached hydrogens (tertiary/aromatic N) is 3. The monoisotopic (exact) mass is 421 g/mol. The van der Waals surface area contributed by atoms with Crippen LogP contribution in [0.4, 0.5) is 0 Å². The predicted molar refractivity (Wildman–Crippen MR) is 117 cm³/mol. The molecular weight excluding hydrogens is 394 g/mol. The van der Waals surface area contributed by atoms with Crippen LogP contribution in [0.25, 0.3) is 5.57 Å². The summed E-state index contributed by atoms with van der Waals surface area (Å²) in [5.41, 5.74) is 2.57. The zero-order chi connectivity index (χ0) is 21.8. The number of benzene rings is 2. The van der Waals surface area contributed by atoms with Crippen molar-refractivity contribution in [2.24, 2.45) is 0 Å². The summed E-state index contributed by atoms with van der Waals surface area (Å²) >= 11 is 0. The highest BCUT2D eigenvalue weighted by atomic mass is 16.5. The van der Waals surface area contributed by atoms with Gasteiger partial charge in [-0.3, -0.25) is 19.4 Å². The van der Waals surface area contributed by atoms with Crippen LogP contribution in [0.3, 0.4) is 0 Å². The molecule has 162 valence electrons. The Morgan fingerprint density at radius 3 is 2.19 bits per heavy atom. The van der Waals surface area contributed by atoms with Crippen LogP contribution in [-0.2, 0) is 16.1 Å². The third-order valence-electron chi connectivity index (χ3n) is 5.81. The molecule has 7 heteroatoms. The minimum absolute atomic E-state index is 0.116. The maximum absolute atomic E-state index is 13.5. The molecule has 2 aromatic carbocycles. The van der Waals surface area contributed by atoms with Crippen molar-refractivity contribution < 1.29 is 19.4 Å². The van der Waals surface area contributed by atoms with Gasteiger partial charge in [-0.25, -0.2) is 0 Å². The van der Waals surface area contributed by atoms with Crippen LogP contribution in [0.15, 0.2) is 60.3 Å². The fraction of sp³-hybridized carbons (Fsp3) is 0.333. The summed E-state index contributed by atoms with van der Waals surface area (Å²) in [7, 11) is 1.60. The first-order valence-corrected chi connectivity index (χ1v) is 10.5. The van der Waals surface area contributed by atoms with Crippen molar-refractivity contribution in [3.05, 3.63) is 71.4 Å². The van der Waals surface area contributed by atoms with Gasteiger partial charge in [0.1, 0.15) is 11.4 Å². The topological polar surface area (TPSA) is 73.3 Å². The van der Waals surface area contributed by atoms with E-state index in [1.165, 1.54) is 4.90 Å². The summed E-state index contributed by atoms with van der Waals surface area (Å²) in [5.74, 6) is 0.211. The van der Waals surface area contributed by atoms with E-state index in [2.05, 4.69) is 4.90 Å². The minimum atomic E-state index is -0.264. The van der Waals surface area contributed by atoms with Crippen molar-refractivity contribution >= 4 is 17.4 Å². The van der Waals surface area contributed by atoms with E-state index in [4.69, 9.17) is 4.74 Å². The number of ether oxygens (including phenoxy) is 1. The molecule has 2 aliphatic rings. The number of methoxy groups -OCH3 is 1. The normalized spacial score (nSPS) is 17.6. The van der Waals surface area contributed by atoms with Gasteiger partial charge in [0.25, 0.3) is 11.8 Å². The molecule has 2 aromatic rings. The Kier molecular flexibility index (Phi) is 6.34. The highest BCUT2D eigenvalue weighted by Crippen LogP contribution is 2.33. The van der Waals surface area contributed by atoms with Crippen molar-refractivity contribution in [1.82, 2.24) is 14.7 Å². The molecule has 31 heavy (non-hydrogen) atoms. The molecule has 0 aliphatic carbocycles. The van der Waals surface area contributed by atoms with Gasteiger partial charge in [0.2, 0.25) is 0 Å². The number of aliphatic hydroxyl groups is 1. The summed E-state index contributed by atoms with van der Waals surface area (Å²) < 4.78 is 5.20. The number of piperazine rings is 1. The highest BCUT2D eigenvalue weighted by Gasteiger charge is 2.42. The van der Waals surface area contributed by atoms with Crippen LogP contribution < -0.4 is 4.74 Å². The number of rotatable bonds is 7. The summed E-state index contributed by atoms with van der Waals surface area (Å²) in [4.78, 5) is 32.4. The van der Waals surface area contributed by atoms with Gasteiger partial charge in [-0.05, 0) is 23.3 Å². The molecule has 2 aliphatic heterocycles. The van der Waals surface area contributed by atoms with Crippen molar-refractivity contribution in [3.8, 4) is 5.75 Å². The fourth-order valence-corrected chi connectivity index (χ4v) is 4.12. The molecule has 1 saturated heterocycles. The number of carbonyl (C=O) groups is 2. The Labute approximate surface area is 182 Å². The number of imide groups is 1. The Balaban J connectivity index is 1.62. The van der Waals surface area contributed by atoms with Crippen LogP contribution in [0, 0.1) is 0 Å². The average molecular weight is 421 g/mol. The summed E-state index contributed by atoms with van der Waals surface area (Å²) in [5, 5.41) is 9.19. The lowest BCUT2D eigenvalue weighted by Gasteiger charge is -2.36. The average Bonchev–Trinajstić information content (AvgIpc) is 3.05. The van der Waals surface area contributed by atoms with Gasteiger partial charge >= 0.3 is 0 Å². The summed E-state index contributed by atoms with van der Waals surface area (Å²) in [6.45, 7) is 3.71. The minimum Gasteiger partial charge on any atom is -0.497 e. The van der Waals surface area contributed by atoms with Crippen molar-refractivity contribution in [2.45, 2.75) is 6.54 Å². The molecule has 0 saturated carbocycles. The Morgan fingerprint density at radius 1 is 0.903 bits per heavy atom. The molecule has 0 unspecified atom stereocenters. The number of aliphatic hydroxyl groups excluding tert-OH is 1. The molecule has 2 heterocycles. The van der Waals surface area contributed by atoms with Crippen molar-refractivity contribution in [3.63, 3.8) is 0 Å². The molecule has 0 spiro atoms. The van der Waals surface area contributed by atoms with Crippen molar-refractivity contribution in [2.75, 3.05) is 46.4 Å². The SMILES string of the molecule is COc1ccc(CN2C(=O)C(c3ccccc3)=C(N3CCN(CCO)CC3)C2=O)cc1. The molecule has 2 amide bonds. The van der Waals surface area contributed by atoms with E-state index in [0.29, 0.717) is 30.9 Å². The zero-order valence-electron chi connectivity index (χ0n) is 17.7. The summed E-state index contributed by atoms with van der Waals surface area (Å²) in [6.07, 6.45) is 0. The molecule has 7 nitrogen and oxygen atoms in total. The van der Waals surface area contributed by atoms with Crippen LogP contribution in [0.5, 0.6) is 5.75 Å². The van der Waals surface area contributed by atoms with Gasteiger partial charge in [-0.15, -0.1) is 0 Å². The van der Waals surface area contributed by atoms with E-state index in [-0.39, 0.29) is 25.0 Å². The number of carbonyl (C=O) groups excluding carboxylic acids is 2. The number of amides is 2. The lowest BCUT2D eigenvalue weighted by atomic mass is 10.0. The molecule has 0 radical (unpaired) electrons. The summed E-state index contributed by atoms with van der Waals surface area (Å²) in [6, 6.07) is 16.8. The lowest BCUT2D eigenvalue weighted by Crippen LogP contribution is -2.48. The molecule has 1 N–H and O–H groups in total. The second-order valence-corrected chi connectivity index (χ2v) is 7.69. The van der Waals surface area contributed by atoms with E-state index in [9.17, 15) is 14.7 Å². The van der Waals surface area contributed by atoms with Crippen LogP contribution in [0.2, 0.25) is 0 Å². The van der Waals surface area contributed by atoms with Crippen molar-refractivity contribution in [1.29, 1.82) is 0 Å². The molecule has 0 aromatic heterocycles. The first-order chi connectivity index (χ1) is 15.1. The quantitative estimate of drug-likeness (QED) is 0.685. The highest BCUT2D eigenvalue weighted by molar-refractivity contribution is 6.35. The lowest BCUT2D eigenvalue weighted by molar-refractivity contribution is -0.138. The number of hydrogen-bond acceptors (Lipinski definition) is 6. The smallest absolute Gasteiger partial charge is 0.278 e. The third kappa shape index (κ3) is 4.33. The largest absolute Gasteiger partial charge is 0.497 e. The van der Waals surface area contributed by atoms with Gasteiger partial charge in [-0.1, -0.05) is 42.5 Å². The van der Waals surface area contributed by atoms with Gasteiger partial charge in [0.15, 0.2) is 0 Å². The molecule has 1 fully saturated rings. The Hall–Kier alpha value is -3.16. The van der Waals surface area contributed by atoms with E-state index in [1.807, 2.05) is 59.5 Å². The second kappa shape index (κ2) is 9.32. The molecule has 0 bridgehead atoms. The maximum atomic E-state index is 13.5. The first-order valence-electron chi connectivity index (χ1n) is 10.5. The van der Waals surface area contributed by atoms with E-state index in [0.717, 1.165) is 30.0 Å². The Bertz CT molecular complexity index is 964. The standard InChI is InChI=1S/C24H27N3O4/c1-31-20-9-7-18(8-10-20)17-27-23(29)21(19-5-3-2-4-6-19)22(24(27)30)26-13-11-25(12-14-26)15-16-28/h2-10,28H,11-17H2,1H3. The number of β-amino-alcohol motifs (C(OH)–C–C–N with tert-alkyl or cyclic N) is 1. The second-order valence-electron chi connectivity index (χ2n) is 7.69. The first kappa shape index (κ1) is 21.1. The van der Waals surface area contributed by atoms with E-state index in [1.54, 1.807) is 7.11 Å². The maximum Gasteiger partial charge on any atom is 0.278 e. The zero-order valence-corrected chi connectivity index (χ0v) is 17.7. The van der Waals surface area contributed by atoms with Gasteiger partial charge in [0, 0.05) is 32.7 Å². The molecule has 4 rings (SSSR count). The predicted octanol–water partition coefficient (Wildman–Crippen LogP) is 1.59. The fourth-order valence-electron chi connectivity index (χ4n) is 4.12. The van der Waals surface area contributed by atoms with Gasteiger partial charge in [0.05, 0.1) is 25.8 Å². The third-order valence-corrected chi connectivity index (χ3v) is 5.81. The van der Waals surface area contributed by atoms with Gasteiger partial charge in [-0.2, -0.15) is 0 Å². The molecule has 0 atom stereocenters. The van der Waals surface area contributed by atoms with Crippen LogP contribution in [-0.4, -0.2) is 78.1 Å². The van der Waals surface area contributed by atoms with E-state index < -0.39 is 0 Å². The van der Waals surface area contributed by atoms with Gasteiger partial charge < -0.3 is 14.7 Å². The van der Waals surface area contributed by atoms with E-state index >= 15 is 0 Å². The number of hydrogen-bond donors (Lipinski definition) is 1. The Morgan fingerprint density at radius 2 is 1.58 bits per heavy atom.